The number of unbranched alkanes of at least 4 members (excludes halogenated alkanes) is 1. The summed E-state index contributed by atoms with van der Waals surface area (Å²) in [4.78, 5) is 25.9. The summed E-state index contributed by atoms with van der Waals surface area (Å²) in [7, 11) is 0. The molecular formula is C27H44O4. The molecule has 0 spiro atoms. The lowest BCUT2D eigenvalue weighted by Crippen LogP contribution is -2.60. The summed E-state index contributed by atoms with van der Waals surface area (Å²) in [5.74, 6) is 2.22. The first-order valence-corrected chi connectivity index (χ1v) is 12.6. The summed E-state index contributed by atoms with van der Waals surface area (Å²) in [5, 5.41) is 0. The molecule has 4 fully saturated rings. The van der Waals surface area contributed by atoms with E-state index in [4.69, 9.17) is 9.47 Å². The van der Waals surface area contributed by atoms with E-state index in [2.05, 4.69) is 13.5 Å². The fourth-order valence-electron chi connectivity index (χ4n) is 7.01. The number of carbonyl (C=O) groups excluding carboxylic acids is 2. The van der Waals surface area contributed by atoms with Crippen molar-refractivity contribution in [3.05, 3.63) is 12.2 Å². The van der Waals surface area contributed by atoms with Crippen LogP contribution < -0.4 is 0 Å². The normalized spacial score (nSPS) is 33.6. The van der Waals surface area contributed by atoms with Crippen LogP contribution in [0.25, 0.3) is 0 Å². The van der Waals surface area contributed by atoms with Crippen molar-refractivity contribution >= 4 is 11.9 Å². The molecule has 1 atom stereocenters. The van der Waals surface area contributed by atoms with E-state index >= 15 is 0 Å². The minimum atomic E-state index is -0.763. The second kappa shape index (κ2) is 8.90. The number of ether oxygens (including phenoxy) is 2. The molecule has 4 heteroatoms. The van der Waals surface area contributed by atoms with Crippen molar-refractivity contribution in [2.75, 3.05) is 0 Å². The van der Waals surface area contributed by atoms with Crippen LogP contribution in [0.4, 0.5) is 0 Å². The molecule has 4 rings (SSSR count). The lowest BCUT2D eigenvalue weighted by molar-refractivity contribution is -0.223. The van der Waals surface area contributed by atoms with Crippen LogP contribution in [0.5, 0.6) is 0 Å². The molecule has 0 aliphatic heterocycles. The van der Waals surface area contributed by atoms with Crippen LogP contribution in [0.1, 0.15) is 106 Å². The zero-order chi connectivity index (χ0) is 23.0. The molecule has 1 unspecified atom stereocenters. The zero-order valence-electron chi connectivity index (χ0n) is 20.7. The van der Waals surface area contributed by atoms with E-state index in [0.29, 0.717) is 30.3 Å². The van der Waals surface area contributed by atoms with Crippen LogP contribution in [-0.2, 0) is 19.1 Å². The molecule has 4 aliphatic carbocycles. The first-order chi connectivity index (χ1) is 14.4. The zero-order valence-corrected chi connectivity index (χ0v) is 20.7. The molecular weight excluding hydrogens is 388 g/mol. The van der Waals surface area contributed by atoms with Crippen molar-refractivity contribution in [2.24, 2.45) is 29.1 Å². The average Bonchev–Trinajstić information content (AvgIpc) is 2.68. The Labute approximate surface area is 189 Å². The van der Waals surface area contributed by atoms with Gasteiger partial charge >= 0.3 is 11.9 Å². The molecule has 176 valence electrons. The van der Waals surface area contributed by atoms with E-state index in [1.807, 2.05) is 27.7 Å². The number of esters is 2. The van der Waals surface area contributed by atoms with Crippen LogP contribution in [0.2, 0.25) is 0 Å². The third-order valence-electron chi connectivity index (χ3n) is 8.53. The van der Waals surface area contributed by atoms with Gasteiger partial charge in [-0.15, -0.1) is 0 Å². The minimum Gasteiger partial charge on any atom is -0.458 e. The van der Waals surface area contributed by atoms with Crippen molar-refractivity contribution in [2.45, 2.75) is 117 Å². The summed E-state index contributed by atoms with van der Waals surface area (Å²) in [6, 6.07) is 0. The molecule has 0 aromatic rings. The molecule has 4 nitrogen and oxygen atoms in total. The fourth-order valence-corrected chi connectivity index (χ4v) is 7.01. The highest BCUT2D eigenvalue weighted by atomic mass is 16.6. The molecule has 4 aliphatic rings. The summed E-state index contributed by atoms with van der Waals surface area (Å²) < 4.78 is 12.3. The first kappa shape index (κ1) is 24.3. The van der Waals surface area contributed by atoms with Gasteiger partial charge < -0.3 is 9.47 Å². The maximum absolute atomic E-state index is 13.8. The molecule has 0 N–H and O–H groups in total. The van der Waals surface area contributed by atoms with Crippen molar-refractivity contribution in [1.29, 1.82) is 0 Å². The molecule has 4 saturated carbocycles. The number of hydrogen-bond donors (Lipinski definition) is 0. The van der Waals surface area contributed by atoms with Crippen molar-refractivity contribution in [3.8, 4) is 0 Å². The predicted octanol–water partition coefficient (Wildman–Crippen LogP) is 6.62. The second-order valence-electron chi connectivity index (χ2n) is 11.8. The second-order valence-corrected chi connectivity index (χ2v) is 11.8. The molecule has 0 saturated heterocycles. The Morgan fingerprint density at radius 1 is 1.00 bits per heavy atom. The number of rotatable bonds is 10. The van der Waals surface area contributed by atoms with Crippen LogP contribution in [0.15, 0.2) is 12.2 Å². The van der Waals surface area contributed by atoms with Crippen molar-refractivity contribution in [3.63, 3.8) is 0 Å². The molecule has 4 bridgehead atoms. The van der Waals surface area contributed by atoms with Crippen LogP contribution in [0.3, 0.4) is 0 Å². The maximum Gasteiger partial charge on any atom is 0.333 e. The largest absolute Gasteiger partial charge is 0.458 e. The summed E-state index contributed by atoms with van der Waals surface area (Å²) in [6.45, 7) is 15.3. The SMILES string of the molecule is C=C(C)C(=O)OC(C)(C)CC(C)(CC)C(=O)OC1(CCCC)C2CC3CC(C2)CC1C3. The maximum atomic E-state index is 13.8. The summed E-state index contributed by atoms with van der Waals surface area (Å²) in [5.41, 5.74) is -1.36. The van der Waals surface area contributed by atoms with Crippen molar-refractivity contribution < 1.29 is 19.1 Å². The Hall–Kier alpha value is -1.32. The van der Waals surface area contributed by atoms with E-state index < -0.39 is 17.0 Å². The molecule has 31 heavy (non-hydrogen) atoms. The molecule has 0 heterocycles. The highest BCUT2D eigenvalue weighted by Crippen LogP contribution is 2.61. The van der Waals surface area contributed by atoms with Gasteiger partial charge in [0.25, 0.3) is 0 Å². The third kappa shape index (κ3) is 4.88. The van der Waals surface area contributed by atoms with E-state index in [-0.39, 0.29) is 11.6 Å². The van der Waals surface area contributed by atoms with E-state index in [0.717, 1.165) is 31.1 Å². The Morgan fingerprint density at radius 2 is 1.55 bits per heavy atom. The average molecular weight is 433 g/mol. The van der Waals surface area contributed by atoms with Gasteiger partial charge in [-0.3, -0.25) is 4.79 Å². The summed E-state index contributed by atoms with van der Waals surface area (Å²) in [6.07, 6.45) is 10.6. The third-order valence-corrected chi connectivity index (χ3v) is 8.53. The Morgan fingerprint density at radius 3 is 2.00 bits per heavy atom. The monoisotopic (exact) mass is 432 g/mol. The minimum absolute atomic E-state index is 0.0991. The fraction of sp³-hybridized carbons (Fsp3) is 0.852. The number of carbonyl (C=O) groups is 2. The van der Waals surface area contributed by atoms with E-state index in [9.17, 15) is 9.59 Å². The Kier molecular flexibility index (Phi) is 6.99. The first-order valence-electron chi connectivity index (χ1n) is 12.6. The highest BCUT2D eigenvalue weighted by Gasteiger charge is 2.60. The van der Waals surface area contributed by atoms with Gasteiger partial charge in [0.05, 0.1) is 5.41 Å². The van der Waals surface area contributed by atoms with Gasteiger partial charge in [-0.25, -0.2) is 4.79 Å². The van der Waals surface area contributed by atoms with Gasteiger partial charge in [-0.05, 0) is 103 Å². The van der Waals surface area contributed by atoms with E-state index in [1.165, 1.54) is 32.1 Å². The van der Waals surface area contributed by atoms with Crippen LogP contribution in [-0.4, -0.2) is 23.1 Å². The Balaban J connectivity index is 1.80. The van der Waals surface area contributed by atoms with Gasteiger partial charge in [0.15, 0.2) is 0 Å². The molecule has 0 radical (unpaired) electrons. The molecule has 0 aromatic carbocycles. The van der Waals surface area contributed by atoms with Crippen LogP contribution >= 0.6 is 0 Å². The number of hydrogen-bond acceptors (Lipinski definition) is 4. The lowest BCUT2D eigenvalue weighted by Gasteiger charge is -2.61. The van der Waals surface area contributed by atoms with Crippen LogP contribution in [0, 0.1) is 29.1 Å². The van der Waals surface area contributed by atoms with Gasteiger partial charge in [-0.2, -0.15) is 0 Å². The van der Waals surface area contributed by atoms with Crippen molar-refractivity contribution in [1.82, 2.24) is 0 Å². The Bertz CT molecular complexity index is 678. The van der Waals surface area contributed by atoms with Gasteiger partial charge in [0.1, 0.15) is 11.2 Å². The van der Waals surface area contributed by atoms with Gasteiger partial charge in [0, 0.05) is 12.0 Å². The lowest BCUT2D eigenvalue weighted by atomic mass is 9.49. The predicted molar refractivity (Wildman–Crippen MR) is 123 cm³/mol. The standard InChI is InChI=1S/C27H44O4/c1-8-10-11-27(21-13-19-12-20(15-21)16-22(27)14-19)31-24(29)26(7,9-2)17-25(5,6)30-23(28)18(3)4/h19-22H,3,8-17H2,1-2,4-7H3. The molecule has 0 aromatic heterocycles. The summed E-state index contributed by atoms with van der Waals surface area (Å²) >= 11 is 0. The topological polar surface area (TPSA) is 52.6 Å². The highest BCUT2D eigenvalue weighted by molar-refractivity contribution is 5.87. The van der Waals surface area contributed by atoms with E-state index in [1.54, 1.807) is 6.92 Å². The van der Waals surface area contributed by atoms with Gasteiger partial charge in [-0.1, -0.05) is 26.8 Å². The smallest absolute Gasteiger partial charge is 0.333 e. The van der Waals surface area contributed by atoms with Gasteiger partial charge in [0.2, 0.25) is 0 Å². The quantitative estimate of drug-likeness (QED) is 0.287. The molecule has 0 amide bonds.